The van der Waals surface area contributed by atoms with Crippen molar-refractivity contribution in [1.82, 2.24) is 4.90 Å². The van der Waals surface area contributed by atoms with Gasteiger partial charge in [0.2, 0.25) is 0 Å². The van der Waals surface area contributed by atoms with E-state index in [4.69, 9.17) is 0 Å². The predicted molar refractivity (Wildman–Crippen MR) is 80.2 cm³/mol. The van der Waals surface area contributed by atoms with Gasteiger partial charge in [-0.15, -0.1) is 0 Å². The molecule has 2 aliphatic carbocycles. The summed E-state index contributed by atoms with van der Waals surface area (Å²) in [4.78, 5) is 14.4. The minimum Gasteiger partial charge on any atom is -0.303 e. The van der Waals surface area contributed by atoms with Gasteiger partial charge in [0.15, 0.2) is 0 Å². The molecule has 19 heavy (non-hydrogen) atoms. The third-order valence-electron chi connectivity index (χ3n) is 5.39. The van der Waals surface area contributed by atoms with E-state index in [9.17, 15) is 4.79 Å². The number of rotatable bonds is 5. The summed E-state index contributed by atoms with van der Waals surface area (Å²) in [5.41, 5.74) is -0.0366. The fraction of sp³-hybridized carbons (Fsp3) is 0.941. The lowest BCUT2D eigenvalue weighted by molar-refractivity contribution is -0.120. The van der Waals surface area contributed by atoms with Gasteiger partial charge in [0.1, 0.15) is 6.29 Å². The van der Waals surface area contributed by atoms with E-state index in [0.29, 0.717) is 0 Å². The van der Waals surface area contributed by atoms with Crippen molar-refractivity contribution in [2.45, 2.75) is 77.7 Å². The van der Waals surface area contributed by atoms with Crippen LogP contribution in [-0.2, 0) is 4.79 Å². The van der Waals surface area contributed by atoms with E-state index in [1.165, 1.54) is 51.2 Å². The zero-order valence-electron chi connectivity index (χ0n) is 12.9. The molecule has 0 bridgehead atoms. The Labute approximate surface area is 118 Å². The van der Waals surface area contributed by atoms with Crippen molar-refractivity contribution in [2.24, 2.45) is 11.3 Å². The van der Waals surface area contributed by atoms with E-state index in [1.807, 2.05) is 0 Å². The normalized spacial score (nSPS) is 33.5. The highest BCUT2D eigenvalue weighted by Gasteiger charge is 2.37. The summed E-state index contributed by atoms with van der Waals surface area (Å²) in [5.74, 6) is 0.726. The maximum Gasteiger partial charge on any atom is 0.127 e. The van der Waals surface area contributed by atoms with E-state index < -0.39 is 0 Å². The number of aldehydes is 1. The van der Waals surface area contributed by atoms with Crippen LogP contribution in [0.2, 0.25) is 0 Å². The molecule has 2 rings (SSSR count). The van der Waals surface area contributed by atoms with E-state index in [-0.39, 0.29) is 5.41 Å². The fourth-order valence-corrected chi connectivity index (χ4v) is 4.34. The Morgan fingerprint density at radius 2 is 1.89 bits per heavy atom. The lowest BCUT2D eigenvalue weighted by atomic mass is 9.70. The summed E-state index contributed by atoms with van der Waals surface area (Å²) in [7, 11) is 0. The SMILES string of the molecule is CCN(CC1(C=O)CCCC(C)C1)C1CCCCC1. The van der Waals surface area contributed by atoms with Gasteiger partial charge in [-0.2, -0.15) is 0 Å². The quantitative estimate of drug-likeness (QED) is 0.699. The molecule has 0 heterocycles. The molecule has 110 valence electrons. The average Bonchev–Trinajstić information content (AvgIpc) is 2.46. The topological polar surface area (TPSA) is 20.3 Å². The molecule has 2 heteroatoms. The van der Waals surface area contributed by atoms with Crippen LogP contribution in [0.3, 0.4) is 0 Å². The summed E-state index contributed by atoms with van der Waals surface area (Å²) < 4.78 is 0. The number of carbonyl (C=O) groups is 1. The van der Waals surface area contributed by atoms with Crippen molar-refractivity contribution in [3.8, 4) is 0 Å². The molecular formula is C17H31NO. The summed E-state index contributed by atoms with van der Waals surface area (Å²) in [6.07, 6.45) is 12.9. The van der Waals surface area contributed by atoms with Crippen molar-refractivity contribution < 1.29 is 4.79 Å². The van der Waals surface area contributed by atoms with Crippen molar-refractivity contribution in [3.63, 3.8) is 0 Å². The first kappa shape index (κ1) is 15.0. The lowest BCUT2D eigenvalue weighted by Gasteiger charge is -2.42. The molecule has 2 saturated carbocycles. The van der Waals surface area contributed by atoms with Gasteiger partial charge in [0.25, 0.3) is 0 Å². The van der Waals surface area contributed by atoms with Crippen LogP contribution < -0.4 is 0 Å². The molecule has 0 spiro atoms. The molecule has 2 aliphatic rings. The van der Waals surface area contributed by atoms with Crippen LogP contribution in [-0.4, -0.2) is 30.3 Å². The molecule has 0 saturated heterocycles. The number of hydrogen-bond donors (Lipinski definition) is 0. The highest BCUT2D eigenvalue weighted by Crippen LogP contribution is 2.39. The number of carbonyl (C=O) groups excluding carboxylic acids is 1. The van der Waals surface area contributed by atoms with Crippen molar-refractivity contribution >= 4 is 6.29 Å². The second-order valence-corrected chi connectivity index (χ2v) is 7.04. The van der Waals surface area contributed by atoms with Crippen LogP contribution in [0, 0.1) is 11.3 Å². The molecular weight excluding hydrogens is 234 g/mol. The van der Waals surface area contributed by atoms with Gasteiger partial charge in [-0.3, -0.25) is 4.90 Å². The molecule has 2 fully saturated rings. The fourth-order valence-electron chi connectivity index (χ4n) is 4.34. The number of nitrogens with zero attached hydrogens (tertiary/aromatic N) is 1. The van der Waals surface area contributed by atoms with Gasteiger partial charge >= 0.3 is 0 Å². The Kier molecular flexibility index (Phi) is 5.44. The van der Waals surface area contributed by atoms with E-state index >= 15 is 0 Å². The van der Waals surface area contributed by atoms with Gasteiger partial charge in [0, 0.05) is 18.0 Å². The van der Waals surface area contributed by atoms with Gasteiger partial charge < -0.3 is 4.79 Å². The smallest absolute Gasteiger partial charge is 0.127 e. The molecule has 2 nitrogen and oxygen atoms in total. The monoisotopic (exact) mass is 265 g/mol. The molecule has 0 aliphatic heterocycles. The minimum absolute atomic E-state index is 0.0366. The van der Waals surface area contributed by atoms with Crippen LogP contribution in [0.1, 0.15) is 71.6 Å². The molecule has 0 aromatic rings. The van der Waals surface area contributed by atoms with Crippen LogP contribution >= 0.6 is 0 Å². The Hall–Kier alpha value is -0.370. The summed E-state index contributed by atoms with van der Waals surface area (Å²) in [5, 5.41) is 0. The van der Waals surface area contributed by atoms with Crippen LogP contribution in [0.25, 0.3) is 0 Å². The Bertz CT molecular complexity index is 285. The van der Waals surface area contributed by atoms with Crippen LogP contribution in [0.5, 0.6) is 0 Å². The molecule has 0 aromatic carbocycles. The van der Waals surface area contributed by atoms with E-state index in [2.05, 4.69) is 18.7 Å². The second kappa shape index (κ2) is 6.88. The predicted octanol–water partition coefficient (Wildman–Crippen LogP) is 4.04. The molecule has 0 N–H and O–H groups in total. The van der Waals surface area contributed by atoms with Gasteiger partial charge in [-0.25, -0.2) is 0 Å². The van der Waals surface area contributed by atoms with E-state index in [0.717, 1.165) is 37.9 Å². The highest BCUT2D eigenvalue weighted by molar-refractivity contribution is 5.60. The Balaban J connectivity index is 1.99. The Morgan fingerprint density at radius 1 is 1.16 bits per heavy atom. The maximum atomic E-state index is 11.7. The molecule has 0 radical (unpaired) electrons. The zero-order chi connectivity index (χ0) is 13.7. The maximum absolute atomic E-state index is 11.7. The first-order valence-corrected chi connectivity index (χ1v) is 8.39. The highest BCUT2D eigenvalue weighted by atomic mass is 16.1. The van der Waals surface area contributed by atoms with Crippen molar-refractivity contribution in [2.75, 3.05) is 13.1 Å². The lowest BCUT2D eigenvalue weighted by Crippen LogP contribution is -2.46. The largest absolute Gasteiger partial charge is 0.303 e. The molecule has 0 amide bonds. The summed E-state index contributed by atoms with van der Waals surface area (Å²) in [6, 6.07) is 0.743. The van der Waals surface area contributed by atoms with Gasteiger partial charge in [-0.05, 0) is 38.1 Å². The zero-order valence-corrected chi connectivity index (χ0v) is 12.9. The standard InChI is InChI=1S/C17H31NO/c1-3-18(16-9-5-4-6-10-16)13-17(14-19)11-7-8-15(2)12-17/h14-16H,3-13H2,1-2H3. The van der Waals surface area contributed by atoms with E-state index in [1.54, 1.807) is 0 Å². The van der Waals surface area contributed by atoms with Gasteiger partial charge in [0.05, 0.1) is 0 Å². The molecule has 0 aromatic heterocycles. The van der Waals surface area contributed by atoms with Crippen molar-refractivity contribution in [1.29, 1.82) is 0 Å². The molecule has 2 atom stereocenters. The Morgan fingerprint density at radius 3 is 2.47 bits per heavy atom. The summed E-state index contributed by atoms with van der Waals surface area (Å²) >= 11 is 0. The van der Waals surface area contributed by atoms with Crippen LogP contribution in [0.4, 0.5) is 0 Å². The van der Waals surface area contributed by atoms with Gasteiger partial charge in [-0.1, -0.05) is 46.0 Å². The third kappa shape index (κ3) is 3.81. The minimum atomic E-state index is -0.0366. The summed E-state index contributed by atoms with van der Waals surface area (Å²) in [6.45, 7) is 6.70. The second-order valence-electron chi connectivity index (χ2n) is 7.04. The first-order chi connectivity index (χ1) is 9.19. The van der Waals surface area contributed by atoms with Crippen molar-refractivity contribution in [3.05, 3.63) is 0 Å². The number of hydrogen-bond acceptors (Lipinski definition) is 2. The average molecular weight is 265 g/mol. The van der Waals surface area contributed by atoms with Crippen LogP contribution in [0.15, 0.2) is 0 Å². The third-order valence-corrected chi connectivity index (χ3v) is 5.39. The molecule has 2 unspecified atom stereocenters. The first-order valence-electron chi connectivity index (χ1n) is 8.39.